The molecular formula is C20H18ClNO3. The first-order valence-electron chi connectivity index (χ1n) is 8.17. The zero-order valence-corrected chi connectivity index (χ0v) is 14.6. The topological polar surface area (TPSA) is 47.9 Å². The van der Waals surface area contributed by atoms with Gasteiger partial charge in [0.2, 0.25) is 5.90 Å². The van der Waals surface area contributed by atoms with E-state index >= 15 is 0 Å². The van der Waals surface area contributed by atoms with Gasteiger partial charge in [-0.15, -0.1) is 0 Å². The lowest BCUT2D eigenvalue weighted by molar-refractivity contribution is -0.129. The number of halogens is 1. The highest BCUT2D eigenvalue weighted by molar-refractivity contribution is 6.32. The third-order valence-corrected chi connectivity index (χ3v) is 4.03. The quantitative estimate of drug-likeness (QED) is 0.422. The third kappa shape index (κ3) is 4.28. The fourth-order valence-electron chi connectivity index (χ4n) is 2.30. The number of unbranched alkanes of at least 4 members (excludes halogenated alkanes) is 1. The van der Waals surface area contributed by atoms with Crippen molar-refractivity contribution in [2.75, 3.05) is 6.61 Å². The summed E-state index contributed by atoms with van der Waals surface area (Å²) in [6.07, 6.45) is 3.73. The lowest BCUT2D eigenvalue weighted by Gasteiger charge is -2.05. The van der Waals surface area contributed by atoms with E-state index < -0.39 is 5.97 Å². The first-order valence-corrected chi connectivity index (χ1v) is 8.55. The van der Waals surface area contributed by atoms with Crippen molar-refractivity contribution >= 4 is 29.5 Å². The van der Waals surface area contributed by atoms with E-state index in [0.717, 1.165) is 29.7 Å². The number of carbonyl (C=O) groups is 1. The van der Waals surface area contributed by atoms with E-state index in [0.29, 0.717) is 11.6 Å². The predicted molar refractivity (Wildman–Crippen MR) is 98.9 cm³/mol. The molecule has 0 atom stereocenters. The molecule has 0 amide bonds. The van der Waals surface area contributed by atoms with E-state index in [4.69, 9.17) is 21.1 Å². The van der Waals surface area contributed by atoms with Crippen LogP contribution in [0.1, 0.15) is 30.9 Å². The number of carbonyl (C=O) groups excluding carboxylic acids is 1. The van der Waals surface area contributed by atoms with Gasteiger partial charge in [0.05, 0.1) is 6.61 Å². The molecule has 0 saturated carbocycles. The molecule has 0 aromatic heterocycles. The van der Waals surface area contributed by atoms with Crippen molar-refractivity contribution < 1.29 is 14.3 Å². The largest absolute Gasteiger partial charge is 0.494 e. The second-order valence-electron chi connectivity index (χ2n) is 5.58. The highest BCUT2D eigenvalue weighted by Gasteiger charge is 2.24. The summed E-state index contributed by atoms with van der Waals surface area (Å²) in [4.78, 5) is 16.3. The van der Waals surface area contributed by atoms with Gasteiger partial charge >= 0.3 is 5.97 Å². The molecule has 0 N–H and O–H groups in total. The lowest BCUT2D eigenvalue weighted by Crippen LogP contribution is -2.05. The van der Waals surface area contributed by atoms with Crippen LogP contribution in [0.4, 0.5) is 0 Å². The summed E-state index contributed by atoms with van der Waals surface area (Å²) in [5.74, 6) is 0.579. The number of ether oxygens (including phenoxy) is 2. The second-order valence-corrected chi connectivity index (χ2v) is 5.99. The van der Waals surface area contributed by atoms with Gasteiger partial charge in [0.25, 0.3) is 0 Å². The van der Waals surface area contributed by atoms with Crippen LogP contribution in [-0.4, -0.2) is 18.5 Å². The number of hydrogen-bond donors (Lipinski definition) is 0. The van der Waals surface area contributed by atoms with Crippen molar-refractivity contribution in [2.45, 2.75) is 19.8 Å². The maximum Gasteiger partial charge on any atom is 0.363 e. The van der Waals surface area contributed by atoms with Gasteiger partial charge in [0.15, 0.2) is 5.70 Å². The van der Waals surface area contributed by atoms with Crippen LogP contribution in [-0.2, 0) is 9.53 Å². The molecule has 0 aliphatic carbocycles. The minimum Gasteiger partial charge on any atom is -0.494 e. The molecule has 0 saturated heterocycles. The Balaban J connectivity index is 1.77. The Morgan fingerprint density at radius 2 is 1.92 bits per heavy atom. The van der Waals surface area contributed by atoms with E-state index in [2.05, 4.69) is 11.9 Å². The van der Waals surface area contributed by atoms with Crippen molar-refractivity contribution in [3.8, 4) is 5.75 Å². The Labute approximate surface area is 151 Å². The number of nitrogens with zero attached hydrogens (tertiary/aromatic N) is 1. The molecule has 5 heteroatoms. The van der Waals surface area contributed by atoms with E-state index in [1.165, 1.54) is 0 Å². The van der Waals surface area contributed by atoms with E-state index in [9.17, 15) is 4.79 Å². The normalized spacial score (nSPS) is 15.2. The van der Waals surface area contributed by atoms with Gasteiger partial charge in [-0.3, -0.25) is 0 Å². The molecule has 1 aliphatic heterocycles. The van der Waals surface area contributed by atoms with Crippen molar-refractivity contribution in [1.82, 2.24) is 0 Å². The molecule has 25 heavy (non-hydrogen) atoms. The number of hydrogen-bond acceptors (Lipinski definition) is 4. The summed E-state index contributed by atoms with van der Waals surface area (Å²) >= 11 is 6.11. The van der Waals surface area contributed by atoms with Gasteiger partial charge in [-0.1, -0.05) is 43.1 Å². The molecule has 3 rings (SSSR count). The average molecular weight is 356 g/mol. The SMILES string of the molecule is CCCCOc1ccc(C2=N/C(=C\c3ccccc3Cl)C(=O)O2)cc1. The second kappa shape index (κ2) is 7.99. The molecule has 2 aromatic carbocycles. The van der Waals surface area contributed by atoms with Gasteiger partial charge in [0, 0.05) is 10.6 Å². The van der Waals surface area contributed by atoms with Crippen LogP contribution in [0.5, 0.6) is 5.75 Å². The van der Waals surface area contributed by atoms with Crippen LogP contribution in [0, 0.1) is 0 Å². The molecule has 0 unspecified atom stereocenters. The Morgan fingerprint density at radius 3 is 2.64 bits per heavy atom. The molecule has 1 heterocycles. The van der Waals surface area contributed by atoms with Crippen molar-refractivity contribution in [3.63, 3.8) is 0 Å². The van der Waals surface area contributed by atoms with Crippen LogP contribution in [0.3, 0.4) is 0 Å². The maximum absolute atomic E-state index is 12.0. The summed E-state index contributed by atoms with van der Waals surface area (Å²) < 4.78 is 10.9. The number of rotatable bonds is 6. The molecule has 0 radical (unpaired) electrons. The summed E-state index contributed by atoms with van der Waals surface area (Å²) in [6.45, 7) is 2.81. The van der Waals surface area contributed by atoms with Gasteiger partial charge in [0.1, 0.15) is 5.75 Å². The number of esters is 1. The molecule has 4 nitrogen and oxygen atoms in total. The Kier molecular flexibility index (Phi) is 5.51. The summed E-state index contributed by atoms with van der Waals surface area (Å²) in [7, 11) is 0. The summed E-state index contributed by atoms with van der Waals surface area (Å²) in [6, 6.07) is 14.6. The fourth-order valence-corrected chi connectivity index (χ4v) is 2.49. The molecule has 128 valence electrons. The first kappa shape index (κ1) is 17.2. The van der Waals surface area contributed by atoms with E-state index in [-0.39, 0.29) is 11.6 Å². The Hall–Kier alpha value is -2.59. The average Bonchev–Trinajstić information content (AvgIpc) is 2.98. The van der Waals surface area contributed by atoms with Crippen molar-refractivity contribution in [2.24, 2.45) is 4.99 Å². The smallest absolute Gasteiger partial charge is 0.363 e. The van der Waals surface area contributed by atoms with E-state index in [1.807, 2.05) is 42.5 Å². The minimum absolute atomic E-state index is 0.228. The third-order valence-electron chi connectivity index (χ3n) is 3.69. The Bertz CT molecular complexity index is 825. The van der Waals surface area contributed by atoms with Crippen LogP contribution in [0.2, 0.25) is 5.02 Å². The standard InChI is InChI=1S/C20H18ClNO3/c1-2-3-12-24-16-10-8-14(9-11-16)19-22-18(20(23)25-19)13-15-6-4-5-7-17(15)21/h4-11,13H,2-3,12H2,1H3/b18-13-. The first-order chi connectivity index (χ1) is 12.2. The van der Waals surface area contributed by atoms with Gasteiger partial charge in [-0.25, -0.2) is 9.79 Å². The van der Waals surface area contributed by atoms with Gasteiger partial charge in [-0.05, 0) is 48.4 Å². The van der Waals surface area contributed by atoms with Gasteiger partial charge in [-0.2, -0.15) is 0 Å². The van der Waals surface area contributed by atoms with Crippen LogP contribution < -0.4 is 4.74 Å². The number of cyclic esters (lactones) is 1. The lowest BCUT2D eigenvalue weighted by atomic mass is 10.2. The van der Waals surface area contributed by atoms with Crippen LogP contribution in [0.25, 0.3) is 6.08 Å². The number of aliphatic imine (C=N–C) groups is 1. The molecular weight excluding hydrogens is 338 g/mol. The summed E-state index contributed by atoms with van der Waals surface area (Å²) in [5, 5.41) is 0.556. The zero-order valence-electron chi connectivity index (χ0n) is 13.9. The van der Waals surface area contributed by atoms with E-state index in [1.54, 1.807) is 12.1 Å². The fraction of sp³-hybridized carbons (Fsp3) is 0.200. The minimum atomic E-state index is -0.488. The molecule has 1 aliphatic rings. The molecule has 0 fully saturated rings. The molecule has 0 bridgehead atoms. The predicted octanol–water partition coefficient (Wildman–Crippen LogP) is 4.86. The van der Waals surface area contributed by atoms with Crippen LogP contribution >= 0.6 is 11.6 Å². The Morgan fingerprint density at radius 1 is 1.16 bits per heavy atom. The van der Waals surface area contributed by atoms with Crippen LogP contribution in [0.15, 0.2) is 59.2 Å². The van der Waals surface area contributed by atoms with Crippen molar-refractivity contribution in [3.05, 3.63) is 70.4 Å². The highest BCUT2D eigenvalue weighted by Crippen LogP contribution is 2.23. The summed E-state index contributed by atoms with van der Waals surface area (Å²) in [5.41, 5.74) is 1.67. The molecule has 0 spiro atoms. The zero-order chi connectivity index (χ0) is 17.6. The monoisotopic (exact) mass is 355 g/mol. The van der Waals surface area contributed by atoms with Gasteiger partial charge < -0.3 is 9.47 Å². The highest BCUT2D eigenvalue weighted by atomic mass is 35.5. The van der Waals surface area contributed by atoms with Crippen molar-refractivity contribution in [1.29, 1.82) is 0 Å². The number of benzene rings is 2. The maximum atomic E-state index is 12.0. The molecule has 2 aromatic rings.